The van der Waals surface area contributed by atoms with Gasteiger partial charge in [-0.05, 0) is 60.7 Å². The molecule has 17 heavy (non-hydrogen) atoms. The summed E-state index contributed by atoms with van der Waals surface area (Å²) in [4.78, 5) is 21.0. The van der Waals surface area contributed by atoms with Crippen molar-refractivity contribution in [3.63, 3.8) is 0 Å². The van der Waals surface area contributed by atoms with Crippen molar-refractivity contribution >= 4 is 8.60 Å². The summed E-state index contributed by atoms with van der Waals surface area (Å²) >= 11 is 0. The topological polar surface area (TPSA) is 55.3 Å². The molecule has 0 saturated heterocycles. The van der Waals surface area contributed by atoms with Crippen LogP contribution in [-0.4, -0.2) is 6.61 Å². The van der Waals surface area contributed by atoms with Gasteiger partial charge in [0.2, 0.25) is 0 Å². The molecule has 4 rings (SSSR count). The molecular weight excluding hydrogens is 235 g/mol. The lowest BCUT2D eigenvalue weighted by atomic mass is 9.70. The summed E-state index contributed by atoms with van der Waals surface area (Å²) in [6.45, 7) is 0.435. The van der Waals surface area contributed by atoms with Gasteiger partial charge in [-0.15, -0.1) is 0 Å². The fourth-order valence-electron chi connectivity index (χ4n) is 5.50. The third-order valence-corrected chi connectivity index (χ3v) is 6.16. The van der Waals surface area contributed by atoms with E-state index in [1.54, 1.807) is 0 Å². The number of rotatable bonds is 3. The van der Waals surface area contributed by atoms with Crippen molar-refractivity contribution in [2.75, 3.05) is 6.61 Å². The van der Waals surface area contributed by atoms with Gasteiger partial charge in [-0.2, -0.15) is 8.60 Å². The number of hydrogen-bond donors (Lipinski definition) is 0. The Hall–Kier alpha value is 0.0500. The van der Waals surface area contributed by atoms with Gasteiger partial charge in [-0.3, -0.25) is 0 Å². The van der Waals surface area contributed by atoms with Crippen molar-refractivity contribution < 1.29 is 14.3 Å². The van der Waals surface area contributed by atoms with Crippen LogP contribution in [0.15, 0.2) is 12.2 Å². The van der Waals surface area contributed by atoms with Gasteiger partial charge in [0.25, 0.3) is 0 Å². The third-order valence-electron chi connectivity index (χ3n) is 5.80. The Balaban J connectivity index is 1.50. The van der Waals surface area contributed by atoms with Crippen molar-refractivity contribution in [2.24, 2.45) is 41.4 Å². The Labute approximate surface area is 103 Å². The van der Waals surface area contributed by atoms with Crippen molar-refractivity contribution in [1.29, 1.82) is 0 Å². The summed E-state index contributed by atoms with van der Waals surface area (Å²) in [6.07, 6.45) is 8.75. The van der Waals surface area contributed by atoms with Crippen LogP contribution in [0, 0.1) is 41.4 Å². The first-order valence-corrected chi connectivity index (χ1v) is 7.79. The maximum atomic E-state index is 10.5. The Morgan fingerprint density at radius 1 is 1.06 bits per heavy atom. The molecule has 0 aromatic rings. The van der Waals surface area contributed by atoms with E-state index in [2.05, 4.69) is 12.2 Å². The molecule has 3 nitrogen and oxygen atoms in total. The fourth-order valence-corrected chi connectivity index (χ4v) is 5.81. The molecule has 0 radical (unpaired) electrons. The van der Waals surface area contributed by atoms with E-state index in [9.17, 15) is 9.79 Å². The second-order valence-corrected chi connectivity index (χ2v) is 6.98. The smallest absolute Gasteiger partial charge is 0.0507 e. The monoisotopic (exact) mass is 252 g/mol. The Bertz CT molecular complexity index is 357. The third kappa shape index (κ3) is 1.49. The van der Waals surface area contributed by atoms with Crippen molar-refractivity contribution in [2.45, 2.75) is 19.3 Å². The normalized spacial score (nSPS) is 53.9. The zero-order valence-electron chi connectivity index (χ0n) is 9.70. The SMILES string of the molecule is [O-]P([O-])OCC1CC2CC1C1C3C=CC(C3)C21. The number of fused-ring (bicyclic) bond motifs is 9. The van der Waals surface area contributed by atoms with Crippen LogP contribution in [0.5, 0.6) is 0 Å². The molecule has 4 bridgehead atoms. The second kappa shape index (κ2) is 3.77. The highest BCUT2D eigenvalue weighted by Gasteiger charge is 2.60. The van der Waals surface area contributed by atoms with E-state index in [1.165, 1.54) is 19.3 Å². The van der Waals surface area contributed by atoms with Crippen LogP contribution in [0.25, 0.3) is 0 Å². The zero-order chi connectivity index (χ0) is 11.6. The minimum atomic E-state index is -2.66. The molecule has 0 aromatic carbocycles. The summed E-state index contributed by atoms with van der Waals surface area (Å²) in [7, 11) is -2.66. The average molecular weight is 252 g/mol. The van der Waals surface area contributed by atoms with Gasteiger partial charge >= 0.3 is 0 Å². The summed E-state index contributed by atoms with van der Waals surface area (Å²) < 4.78 is 4.84. The van der Waals surface area contributed by atoms with E-state index < -0.39 is 8.60 Å². The van der Waals surface area contributed by atoms with Gasteiger partial charge in [0.1, 0.15) is 0 Å². The first-order chi connectivity index (χ1) is 8.24. The lowest BCUT2D eigenvalue weighted by Gasteiger charge is -2.38. The van der Waals surface area contributed by atoms with Crippen LogP contribution in [0.1, 0.15) is 19.3 Å². The van der Waals surface area contributed by atoms with E-state index in [0.717, 1.165) is 35.5 Å². The Kier molecular flexibility index (Phi) is 2.42. The average Bonchev–Trinajstić information content (AvgIpc) is 3.03. The summed E-state index contributed by atoms with van der Waals surface area (Å²) in [5, 5.41) is 0. The van der Waals surface area contributed by atoms with Crippen LogP contribution >= 0.6 is 8.60 Å². The van der Waals surface area contributed by atoms with Crippen LogP contribution in [0.4, 0.5) is 0 Å². The highest BCUT2D eigenvalue weighted by atomic mass is 31.2. The molecule has 3 fully saturated rings. The predicted octanol–water partition coefficient (Wildman–Crippen LogP) is 1.04. The molecule has 0 aliphatic heterocycles. The molecule has 4 heteroatoms. The highest BCUT2D eigenvalue weighted by molar-refractivity contribution is 7.36. The van der Waals surface area contributed by atoms with Crippen molar-refractivity contribution in [3.05, 3.63) is 12.2 Å². The Morgan fingerprint density at radius 2 is 1.82 bits per heavy atom. The van der Waals surface area contributed by atoms with E-state index >= 15 is 0 Å². The molecule has 7 atom stereocenters. The largest absolute Gasteiger partial charge is 0.820 e. The maximum Gasteiger partial charge on any atom is 0.0507 e. The van der Waals surface area contributed by atoms with Crippen LogP contribution in [-0.2, 0) is 4.52 Å². The van der Waals surface area contributed by atoms with E-state index in [4.69, 9.17) is 4.52 Å². The van der Waals surface area contributed by atoms with Crippen LogP contribution in [0.2, 0.25) is 0 Å². The highest BCUT2D eigenvalue weighted by Crippen LogP contribution is 2.66. The van der Waals surface area contributed by atoms with E-state index in [0.29, 0.717) is 12.5 Å². The molecule has 0 heterocycles. The predicted molar refractivity (Wildman–Crippen MR) is 60.3 cm³/mol. The minimum absolute atomic E-state index is 0.435. The molecule has 0 aromatic heterocycles. The van der Waals surface area contributed by atoms with Crippen LogP contribution < -0.4 is 9.79 Å². The summed E-state index contributed by atoms with van der Waals surface area (Å²) in [6, 6.07) is 0. The maximum absolute atomic E-state index is 10.5. The van der Waals surface area contributed by atoms with E-state index in [1.807, 2.05) is 0 Å². The van der Waals surface area contributed by atoms with Gasteiger partial charge in [0, 0.05) is 0 Å². The quantitative estimate of drug-likeness (QED) is 0.428. The van der Waals surface area contributed by atoms with Gasteiger partial charge in [0.05, 0.1) is 6.61 Å². The van der Waals surface area contributed by atoms with Gasteiger partial charge < -0.3 is 14.3 Å². The zero-order valence-corrected chi connectivity index (χ0v) is 10.6. The molecule has 0 N–H and O–H groups in total. The van der Waals surface area contributed by atoms with Crippen LogP contribution in [0.3, 0.4) is 0 Å². The molecule has 0 amide bonds. The molecule has 3 saturated carbocycles. The summed E-state index contributed by atoms with van der Waals surface area (Å²) in [5.74, 6) is 5.50. The first-order valence-electron chi connectivity index (χ1n) is 6.69. The first kappa shape index (κ1) is 10.9. The standard InChI is InChI=1S/C13H17O3P/c14-17(15)16-6-10-4-9-5-11(10)13-8-2-1-7(3-8)12(9)13/h1-2,7-13H,3-6H2/q-2. The van der Waals surface area contributed by atoms with Gasteiger partial charge in [0.15, 0.2) is 0 Å². The number of hydrogen-bond acceptors (Lipinski definition) is 3. The fraction of sp³-hybridized carbons (Fsp3) is 0.846. The Morgan fingerprint density at radius 3 is 2.59 bits per heavy atom. The minimum Gasteiger partial charge on any atom is -0.820 e. The number of allylic oxidation sites excluding steroid dienone is 2. The molecule has 0 spiro atoms. The summed E-state index contributed by atoms with van der Waals surface area (Å²) in [5.41, 5.74) is 0. The molecular formula is C13H17O3P-2. The van der Waals surface area contributed by atoms with Gasteiger partial charge in [-0.25, -0.2) is 0 Å². The second-order valence-electron chi connectivity index (χ2n) is 6.28. The van der Waals surface area contributed by atoms with Crippen molar-refractivity contribution in [3.8, 4) is 0 Å². The molecule has 7 unspecified atom stereocenters. The lowest BCUT2D eigenvalue weighted by Crippen LogP contribution is -2.33. The molecule has 4 aliphatic carbocycles. The van der Waals surface area contributed by atoms with Gasteiger partial charge in [-0.1, -0.05) is 12.2 Å². The molecule has 94 valence electrons. The molecule has 4 aliphatic rings. The van der Waals surface area contributed by atoms with Crippen molar-refractivity contribution in [1.82, 2.24) is 0 Å². The lowest BCUT2D eigenvalue weighted by molar-refractivity contribution is -0.319. The van der Waals surface area contributed by atoms with E-state index in [-0.39, 0.29) is 0 Å².